The van der Waals surface area contributed by atoms with E-state index < -0.39 is 0 Å². The molecule has 0 amide bonds. The highest BCUT2D eigenvalue weighted by atomic mass is 16.3. The van der Waals surface area contributed by atoms with E-state index in [2.05, 4.69) is 0 Å². The smallest absolute Gasteiger partial charge is 0.132 e. The Labute approximate surface area is 111 Å². The summed E-state index contributed by atoms with van der Waals surface area (Å²) >= 11 is 0. The van der Waals surface area contributed by atoms with Gasteiger partial charge in [-0.1, -0.05) is 30.3 Å². The van der Waals surface area contributed by atoms with E-state index in [0.29, 0.717) is 5.39 Å². The number of hydrogen-bond donors (Lipinski definition) is 2. The van der Waals surface area contributed by atoms with Gasteiger partial charge in [-0.05, 0) is 37.5 Å². The summed E-state index contributed by atoms with van der Waals surface area (Å²) in [5.74, 6) is 0.523. The van der Waals surface area contributed by atoms with E-state index in [1.165, 1.54) is 0 Å². The first-order chi connectivity index (χ1) is 9.02. The summed E-state index contributed by atoms with van der Waals surface area (Å²) in [7, 11) is 0. The molecule has 0 aliphatic carbocycles. The van der Waals surface area contributed by atoms with Crippen molar-refractivity contribution < 1.29 is 10.2 Å². The van der Waals surface area contributed by atoms with E-state index in [4.69, 9.17) is 0 Å². The van der Waals surface area contributed by atoms with E-state index in [1.807, 2.05) is 51.1 Å². The Morgan fingerprint density at radius 3 is 1.79 bits per heavy atom. The molecule has 96 valence electrons. The van der Waals surface area contributed by atoms with Crippen molar-refractivity contribution in [1.29, 1.82) is 0 Å². The highest BCUT2D eigenvalue weighted by Gasteiger charge is 2.16. The standard InChI is InChI=1S/C17H16O2/c1-9-5-4-6-12-13(9)17(19)15-11(3)8-7-10(2)14(15)16(12)18/h4-8,18-19H,1-3H3. The number of aromatic hydroxyl groups is 2. The monoisotopic (exact) mass is 252 g/mol. The molecule has 0 fully saturated rings. The number of rotatable bonds is 0. The lowest BCUT2D eigenvalue weighted by Crippen LogP contribution is -1.89. The first-order valence-electron chi connectivity index (χ1n) is 6.35. The topological polar surface area (TPSA) is 40.5 Å². The number of aryl methyl sites for hydroxylation is 3. The van der Waals surface area contributed by atoms with Gasteiger partial charge < -0.3 is 10.2 Å². The second kappa shape index (κ2) is 3.89. The zero-order valence-corrected chi connectivity index (χ0v) is 11.3. The van der Waals surface area contributed by atoms with Crippen molar-refractivity contribution in [2.45, 2.75) is 20.8 Å². The first-order valence-corrected chi connectivity index (χ1v) is 6.35. The summed E-state index contributed by atoms with van der Waals surface area (Å²) in [5.41, 5.74) is 2.91. The SMILES string of the molecule is Cc1cccc2c(O)c3c(C)ccc(C)c3c(O)c12. The van der Waals surface area contributed by atoms with Crippen LogP contribution in [0.25, 0.3) is 21.5 Å². The lowest BCUT2D eigenvalue weighted by atomic mass is 9.93. The zero-order valence-electron chi connectivity index (χ0n) is 11.3. The summed E-state index contributed by atoms with van der Waals surface area (Å²) in [6.45, 7) is 5.84. The quantitative estimate of drug-likeness (QED) is 0.462. The molecule has 2 heteroatoms. The fourth-order valence-electron chi connectivity index (χ4n) is 2.86. The Kier molecular flexibility index (Phi) is 2.42. The van der Waals surface area contributed by atoms with Crippen LogP contribution in [0.1, 0.15) is 16.7 Å². The molecule has 3 aromatic rings. The van der Waals surface area contributed by atoms with Crippen molar-refractivity contribution in [3.63, 3.8) is 0 Å². The van der Waals surface area contributed by atoms with Crippen molar-refractivity contribution in [3.8, 4) is 11.5 Å². The summed E-state index contributed by atoms with van der Waals surface area (Å²) in [4.78, 5) is 0. The molecule has 0 aromatic heterocycles. The third-order valence-electron chi connectivity index (χ3n) is 3.86. The molecular weight excluding hydrogens is 236 g/mol. The van der Waals surface area contributed by atoms with Crippen LogP contribution >= 0.6 is 0 Å². The fraction of sp³-hybridized carbons (Fsp3) is 0.176. The number of benzene rings is 3. The second-order valence-corrected chi connectivity index (χ2v) is 5.14. The Hall–Kier alpha value is -2.22. The van der Waals surface area contributed by atoms with Gasteiger partial charge in [-0.3, -0.25) is 0 Å². The third kappa shape index (κ3) is 1.49. The molecule has 0 aliphatic rings. The van der Waals surface area contributed by atoms with Crippen LogP contribution in [-0.2, 0) is 0 Å². The molecule has 0 radical (unpaired) electrons. The van der Waals surface area contributed by atoms with Crippen molar-refractivity contribution in [2.24, 2.45) is 0 Å². The van der Waals surface area contributed by atoms with Gasteiger partial charge in [0.25, 0.3) is 0 Å². The maximum Gasteiger partial charge on any atom is 0.132 e. The fourth-order valence-corrected chi connectivity index (χ4v) is 2.86. The van der Waals surface area contributed by atoms with Gasteiger partial charge in [0.2, 0.25) is 0 Å². The Morgan fingerprint density at radius 1 is 0.632 bits per heavy atom. The maximum absolute atomic E-state index is 10.6. The minimum atomic E-state index is 0.257. The van der Waals surface area contributed by atoms with Gasteiger partial charge in [0.1, 0.15) is 11.5 Å². The van der Waals surface area contributed by atoms with E-state index >= 15 is 0 Å². The van der Waals surface area contributed by atoms with E-state index in [0.717, 1.165) is 32.8 Å². The van der Waals surface area contributed by atoms with Crippen LogP contribution in [0.2, 0.25) is 0 Å². The molecule has 0 unspecified atom stereocenters. The van der Waals surface area contributed by atoms with E-state index in [9.17, 15) is 10.2 Å². The van der Waals surface area contributed by atoms with E-state index in [-0.39, 0.29) is 11.5 Å². The molecule has 0 saturated heterocycles. The summed E-state index contributed by atoms with van der Waals surface area (Å²) in [6, 6.07) is 9.63. The molecule has 19 heavy (non-hydrogen) atoms. The van der Waals surface area contributed by atoms with Crippen LogP contribution in [0.15, 0.2) is 30.3 Å². The largest absolute Gasteiger partial charge is 0.507 e. The molecule has 0 aliphatic heterocycles. The predicted molar refractivity (Wildman–Crippen MR) is 79.0 cm³/mol. The summed E-state index contributed by atoms with van der Waals surface area (Å²) < 4.78 is 0. The molecule has 3 aromatic carbocycles. The first kappa shape index (κ1) is 11.8. The maximum atomic E-state index is 10.6. The van der Waals surface area contributed by atoms with Crippen LogP contribution in [-0.4, -0.2) is 10.2 Å². The Morgan fingerprint density at radius 2 is 1.16 bits per heavy atom. The molecule has 0 saturated carbocycles. The van der Waals surface area contributed by atoms with E-state index in [1.54, 1.807) is 0 Å². The predicted octanol–water partition coefficient (Wildman–Crippen LogP) is 4.33. The normalized spacial score (nSPS) is 11.3. The van der Waals surface area contributed by atoms with Crippen molar-refractivity contribution in [3.05, 3.63) is 47.0 Å². The van der Waals surface area contributed by atoms with Gasteiger partial charge in [-0.15, -0.1) is 0 Å². The average Bonchev–Trinajstić information content (AvgIpc) is 2.38. The van der Waals surface area contributed by atoms with Crippen LogP contribution in [0.5, 0.6) is 11.5 Å². The Bertz CT molecular complexity index is 817. The van der Waals surface area contributed by atoms with Crippen LogP contribution in [0.4, 0.5) is 0 Å². The number of fused-ring (bicyclic) bond motifs is 2. The van der Waals surface area contributed by atoms with Gasteiger partial charge in [-0.25, -0.2) is 0 Å². The second-order valence-electron chi connectivity index (χ2n) is 5.14. The van der Waals surface area contributed by atoms with Gasteiger partial charge in [0.15, 0.2) is 0 Å². The van der Waals surface area contributed by atoms with Crippen LogP contribution in [0.3, 0.4) is 0 Å². The van der Waals surface area contributed by atoms with Gasteiger partial charge in [0, 0.05) is 21.5 Å². The average molecular weight is 252 g/mol. The van der Waals surface area contributed by atoms with Crippen molar-refractivity contribution >= 4 is 21.5 Å². The van der Waals surface area contributed by atoms with Gasteiger partial charge in [-0.2, -0.15) is 0 Å². The van der Waals surface area contributed by atoms with Gasteiger partial charge >= 0.3 is 0 Å². The lowest BCUT2D eigenvalue weighted by Gasteiger charge is -2.14. The minimum Gasteiger partial charge on any atom is -0.507 e. The van der Waals surface area contributed by atoms with Crippen LogP contribution < -0.4 is 0 Å². The lowest BCUT2D eigenvalue weighted by molar-refractivity contribution is 0.478. The Balaban J connectivity index is 2.74. The molecule has 0 heterocycles. The summed E-state index contributed by atoms with van der Waals surface area (Å²) in [5, 5.41) is 24.1. The van der Waals surface area contributed by atoms with Crippen LogP contribution in [0, 0.1) is 20.8 Å². The number of hydrogen-bond acceptors (Lipinski definition) is 2. The molecular formula is C17H16O2. The highest BCUT2D eigenvalue weighted by molar-refractivity contribution is 6.13. The third-order valence-corrected chi connectivity index (χ3v) is 3.86. The minimum absolute atomic E-state index is 0.257. The molecule has 3 rings (SSSR count). The van der Waals surface area contributed by atoms with Crippen molar-refractivity contribution in [2.75, 3.05) is 0 Å². The molecule has 2 N–H and O–H groups in total. The summed E-state index contributed by atoms with van der Waals surface area (Å²) in [6.07, 6.45) is 0. The number of phenolic OH excluding ortho intramolecular Hbond substituents is 2. The molecule has 0 spiro atoms. The highest BCUT2D eigenvalue weighted by Crippen LogP contribution is 2.44. The molecule has 0 bridgehead atoms. The van der Waals surface area contributed by atoms with Gasteiger partial charge in [0.05, 0.1) is 0 Å². The molecule has 2 nitrogen and oxygen atoms in total. The zero-order chi connectivity index (χ0) is 13.7. The molecule has 0 atom stereocenters. The van der Waals surface area contributed by atoms with Crippen molar-refractivity contribution in [1.82, 2.24) is 0 Å². The number of phenols is 2.